The number of rotatable bonds is 7. The highest BCUT2D eigenvalue weighted by molar-refractivity contribution is 7.99. The minimum Gasteiger partial charge on any atom is -0.345 e. The highest BCUT2D eigenvalue weighted by Crippen LogP contribution is 2.12. The predicted molar refractivity (Wildman–Crippen MR) is 71.1 cm³/mol. The summed E-state index contributed by atoms with van der Waals surface area (Å²) in [5, 5.41) is 6.00. The molecule has 1 heterocycles. The number of carbonyl (C=O) groups is 2. The largest absolute Gasteiger partial charge is 0.345 e. The number of carbonyl (C=O) groups excluding carboxylic acids is 2. The topological polar surface area (TPSA) is 58.2 Å². The predicted octanol–water partition coefficient (Wildman–Crippen LogP) is 0.669. The van der Waals surface area contributed by atoms with Gasteiger partial charge in [-0.15, -0.1) is 0 Å². The van der Waals surface area contributed by atoms with Gasteiger partial charge in [-0.1, -0.05) is 13.8 Å². The average molecular weight is 258 g/mol. The minimum absolute atomic E-state index is 0.0292. The van der Waals surface area contributed by atoms with Gasteiger partial charge in [-0.2, -0.15) is 11.8 Å². The first-order chi connectivity index (χ1) is 8.00. The minimum atomic E-state index is -0.339. The molecule has 1 aliphatic heterocycles. The Labute approximate surface area is 107 Å². The van der Waals surface area contributed by atoms with Gasteiger partial charge in [0.1, 0.15) is 0 Å². The molecule has 5 heteroatoms. The zero-order valence-electron chi connectivity index (χ0n) is 10.8. The summed E-state index contributed by atoms with van der Waals surface area (Å²) in [4.78, 5) is 23.0. The van der Waals surface area contributed by atoms with Gasteiger partial charge >= 0.3 is 0 Å². The molecule has 0 spiro atoms. The first-order valence-corrected chi connectivity index (χ1v) is 7.24. The van der Waals surface area contributed by atoms with E-state index >= 15 is 0 Å². The number of hydrogen-bond donors (Lipinski definition) is 2. The molecule has 1 unspecified atom stereocenters. The van der Waals surface area contributed by atoms with Crippen molar-refractivity contribution in [2.24, 2.45) is 11.8 Å². The van der Waals surface area contributed by atoms with E-state index in [-0.39, 0.29) is 23.7 Å². The molecule has 98 valence electrons. The molecule has 1 atom stereocenters. The number of amides is 1. The Kier molecular flexibility index (Phi) is 5.98. The Hall–Kier alpha value is -0.550. The van der Waals surface area contributed by atoms with Crippen molar-refractivity contribution in [3.8, 4) is 0 Å². The lowest BCUT2D eigenvalue weighted by Crippen LogP contribution is -2.45. The molecular weight excluding hydrogens is 236 g/mol. The summed E-state index contributed by atoms with van der Waals surface area (Å²) < 4.78 is 0. The Morgan fingerprint density at radius 3 is 2.47 bits per heavy atom. The Bertz CT molecular complexity index is 278. The van der Waals surface area contributed by atoms with E-state index in [1.165, 1.54) is 6.92 Å². The molecular formula is C12H22N2O2S. The molecule has 0 aliphatic carbocycles. The molecule has 0 aromatic heterocycles. The lowest BCUT2D eigenvalue weighted by molar-refractivity contribution is -0.126. The summed E-state index contributed by atoms with van der Waals surface area (Å²) in [5.74, 6) is 2.33. The molecule has 17 heavy (non-hydrogen) atoms. The average Bonchev–Trinajstić information content (AvgIpc) is 2.17. The zero-order valence-corrected chi connectivity index (χ0v) is 11.6. The van der Waals surface area contributed by atoms with Crippen molar-refractivity contribution in [1.29, 1.82) is 0 Å². The number of Topliss-reactive ketones (excluding diaryl/α,β-unsaturated/α-hetero) is 1. The van der Waals surface area contributed by atoms with Crippen LogP contribution >= 0.6 is 11.8 Å². The monoisotopic (exact) mass is 258 g/mol. The molecule has 0 radical (unpaired) electrons. The Morgan fingerprint density at radius 2 is 2.06 bits per heavy atom. The van der Waals surface area contributed by atoms with E-state index in [0.29, 0.717) is 11.7 Å². The smallest absolute Gasteiger partial charge is 0.230 e. The number of hydrogen-bond acceptors (Lipinski definition) is 4. The quantitative estimate of drug-likeness (QED) is 0.704. The third-order valence-corrected chi connectivity index (χ3v) is 4.05. The van der Waals surface area contributed by atoms with Crippen molar-refractivity contribution < 1.29 is 9.59 Å². The van der Waals surface area contributed by atoms with Crippen LogP contribution in [0, 0.1) is 11.8 Å². The number of ketones is 1. The van der Waals surface area contributed by atoms with E-state index in [9.17, 15) is 9.59 Å². The fourth-order valence-electron chi connectivity index (χ4n) is 1.74. The zero-order chi connectivity index (χ0) is 12.8. The van der Waals surface area contributed by atoms with Crippen LogP contribution in [0.3, 0.4) is 0 Å². The van der Waals surface area contributed by atoms with Crippen molar-refractivity contribution in [3.05, 3.63) is 0 Å². The van der Waals surface area contributed by atoms with Crippen LogP contribution in [0.2, 0.25) is 0 Å². The summed E-state index contributed by atoms with van der Waals surface area (Å²) in [7, 11) is 0. The Balaban J connectivity index is 2.19. The molecule has 1 fully saturated rings. The number of nitrogens with one attached hydrogen (secondary N) is 2. The van der Waals surface area contributed by atoms with Gasteiger partial charge in [0.05, 0.1) is 11.8 Å². The van der Waals surface area contributed by atoms with E-state index in [1.54, 1.807) is 11.8 Å². The van der Waals surface area contributed by atoms with Crippen molar-refractivity contribution in [2.75, 3.05) is 24.6 Å². The Morgan fingerprint density at radius 1 is 1.41 bits per heavy atom. The van der Waals surface area contributed by atoms with E-state index in [0.717, 1.165) is 18.8 Å². The van der Waals surface area contributed by atoms with Gasteiger partial charge in [-0.05, 0) is 37.6 Å². The summed E-state index contributed by atoms with van der Waals surface area (Å²) in [5.41, 5.74) is 0. The van der Waals surface area contributed by atoms with Gasteiger partial charge in [0.15, 0.2) is 5.78 Å². The molecule has 2 N–H and O–H groups in total. The van der Waals surface area contributed by atoms with Crippen LogP contribution in [0.4, 0.5) is 0 Å². The van der Waals surface area contributed by atoms with Gasteiger partial charge in [0, 0.05) is 0 Å². The van der Waals surface area contributed by atoms with E-state index < -0.39 is 0 Å². The van der Waals surface area contributed by atoms with E-state index in [4.69, 9.17) is 0 Å². The third-order valence-electron chi connectivity index (χ3n) is 2.87. The first kappa shape index (κ1) is 14.5. The maximum atomic E-state index is 11.7. The molecule has 0 aromatic rings. The summed E-state index contributed by atoms with van der Waals surface area (Å²) in [6, 6.07) is -0.339. The second-order valence-electron chi connectivity index (χ2n) is 4.94. The second kappa shape index (κ2) is 7.01. The van der Waals surface area contributed by atoms with Crippen LogP contribution < -0.4 is 10.6 Å². The highest BCUT2D eigenvalue weighted by Gasteiger charge is 2.21. The van der Waals surface area contributed by atoms with Gasteiger partial charge in [-0.3, -0.25) is 9.59 Å². The van der Waals surface area contributed by atoms with Gasteiger partial charge in [0.25, 0.3) is 0 Å². The van der Waals surface area contributed by atoms with Crippen LogP contribution in [0.15, 0.2) is 0 Å². The van der Waals surface area contributed by atoms with Crippen LogP contribution in [-0.2, 0) is 9.59 Å². The maximum Gasteiger partial charge on any atom is 0.230 e. The van der Waals surface area contributed by atoms with Crippen molar-refractivity contribution in [3.63, 3.8) is 0 Å². The summed E-state index contributed by atoms with van der Waals surface area (Å²) in [6.45, 7) is 7.55. The SMILES string of the molecule is CC(=O)C(NC(=O)CSCC1CNC1)C(C)C. The molecule has 1 amide bonds. The van der Waals surface area contributed by atoms with Crippen LogP contribution in [0.1, 0.15) is 20.8 Å². The van der Waals surface area contributed by atoms with Crippen molar-refractivity contribution >= 4 is 23.5 Å². The summed E-state index contributed by atoms with van der Waals surface area (Å²) in [6.07, 6.45) is 0. The standard InChI is InChI=1S/C12H22N2O2S/c1-8(2)12(9(3)15)14-11(16)7-17-6-10-4-13-5-10/h8,10,12-13H,4-7H2,1-3H3,(H,14,16). The van der Waals surface area contributed by atoms with Crippen molar-refractivity contribution in [2.45, 2.75) is 26.8 Å². The van der Waals surface area contributed by atoms with Crippen molar-refractivity contribution in [1.82, 2.24) is 10.6 Å². The third kappa shape index (κ3) is 5.08. The lowest BCUT2D eigenvalue weighted by atomic mass is 10.0. The molecule has 0 aromatic carbocycles. The number of thioether (sulfide) groups is 1. The second-order valence-corrected chi connectivity index (χ2v) is 5.97. The molecule has 1 rings (SSSR count). The molecule has 4 nitrogen and oxygen atoms in total. The normalized spacial score (nSPS) is 17.6. The molecule has 0 saturated carbocycles. The van der Waals surface area contributed by atoms with E-state index in [2.05, 4.69) is 10.6 Å². The lowest BCUT2D eigenvalue weighted by Gasteiger charge is -2.26. The molecule has 1 aliphatic rings. The maximum absolute atomic E-state index is 11.7. The highest BCUT2D eigenvalue weighted by atomic mass is 32.2. The van der Waals surface area contributed by atoms with Crippen LogP contribution in [0.5, 0.6) is 0 Å². The fraction of sp³-hybridized carbons (Fsp3) is 0.833. The van der Waals surface area contributed by atoms with Gasteiger partial charge in [0.2, 0.25) is 5.91 Å². The molecule has 1 saturated heterocycles. The van der Waals surface area contributed by atoms with E-state index in [1.807, 2.05) is 13.8 Å². The first-order valence-electron chi connectivity index (χ1n) is 6.09. The van der Waals surface area contributed by atoms with Crippen LogP contribution in [-0.4, -0.2) is 42.3 Å². The van der Waals surface area contributed by atoms with Gasteiger partial charge in [-0.25, -0.2) is 0 Å². The summed E-state index contributed by atoms with van der Waals surface area (Å²) >= 11 is 1.65. The van der Waals surface area contributed by atoms with Crippen LogP contribution in [0.25, 0.3) is 0 Å². The molecule has 0 bridgehead atoms. The fourth-order valence-corrected chi connectivity index (χ4v) is 2.69. The van der Waals surface area contributed by atoms with Gasteiger partial charge < -0.3 is 10.6 Å².